The van der Waals surface area contributed by atoms with Gasteiger partial charge < -0.3 is 19.2 Å². The molecule has 1 N–H and O–H groups in total. The van der Waals surface area contributed by atoms with E-state index in [0.717, 1.165) is 36.0 Å². The van der Waals surface area contributed by atoms with E-state index in [1.165, 1.54) is 6.26 Å². The summed E-state index contributed by atoms with van der Waals surface area (Å²) < 4.78 is 16.5. The van der Waals surface area contributed by atoms with Crippen molar-refractivity contribution >= 4 is 22.4 Å². The molecule has 0 spiro atoms. The van der Waals surface area contributed by atoms with Crippen molar-refractivity contribution in [1.29, 1.82) is 0 Å². The lowest BCUT2D eigenvalue weighted by atomic mass is 10.1. The third-order valence-electron chi connectivity index (χ3n) is 4.53. The monoisotopic (exact) mass is 352 g/mol. The summed E-state index contributed by atoms with van der Waals surface area (Å²) in [5, 5.41) is 4.73. The highest BCUT2D eigenvalue weighted by molar-refractivity contribution is 6.04. The Balaban J connectivity index is 1.52. The first-order valence-corrected chi connectivity index (χ1v) is 8.65. The van der Waals surface area contributed by atoms with Gasteiger partial charge in [-0.15, -0.1) is 0 Å². The lowest BCUT2D eigenvalue weighted by Gasteiger charge is -2.12. The van der Waals surface area contributed by atoms with Gasteiger partial charge in [0.15, 0.2) is 5.76 Å². The highest BCUT2D eigenvalue weighted by atomic mass is 16.5. The molecule has 0 radical (unpaired) electrons. The Morgan fingerprint density at radius 1 is 1.35 bits per heavy atom. The summed E-state index contributed by atoms with van der Waals surface area (Å²) in [5.74, 6) is 1.08. The van der Waals surface area contributed by atoms with Crippen LogP contribution in [0.15, 0.2) is 47.2 Å². The fourth-order valence-electron chi connectivity index (χ4n) is 3.05. The average Bonchev–Trinajstić information content (AvgIpc) is 3.31. The molecule has 3 heterocycles. The molecule has 1 atom stereocenters. The number of carbonyl (C=O) groups excluding carboxylic acids is 1. The van der Waals surface area contributed by atoms with Crippen molar-refractivity contribution in [2.75, 3.05) is 25.1 Å². The fourth-order valence-corrected chi connectivity index (χ4v) is 3.05. The van der Waals surface area contributed by atoms with Gasteiger partial charge in [-0.05, 0) is 49.1 Å². The summed E-state index contributed by atoms with van der Waals surface area (Å²) in [6.07, 6.45) is 4.24. The summed E-state index contributed by atoms with van der Waals surface area (Å²) in [6.45, 7) is 3.98. The first-order chi connectivity index (χ1) is 12.7. The van der Waals surface area contributed by atoms with Crippen LogP contribution in [-0.4, -0.2) is 30.7 Å². The van der Waals surface area contributed by atoms with E-state index in [0.29, 0.717) is 29.9 Å². The standard InChI is InChI=1S/C20H20N2O4/c1-13-5-9-25-18(13)19(23)22-16-2-3-17-15(10-16)4-7-21-20(17)26-12-14-6-8-24-11-14/h2-5,7,9-10,14H,6,8,11-12H2,1H3,(H,22,23). The number of aryl methyl sites for hydroxylation is 1. The first kappa shape index (κ1) is 16.6. The van der Waals surface area contributed by atoms with Crippen molar-refractivity contribution < 1.29 is 18.7 Å². The maximum atomic E-state index is 12.3. The Morgan fingerprint density at radius 3 is 3.04 bits per heavy atom. The minimum atomic E-state index is -0.265. The maximum Gasteiger partial charge on any atom is 0.291 e. The van der Waals surface area contributed by atoms with Crippen LogP contribution in [0, 0.1) is 12.8 Å². The number of pyridine rings is 1. The molecule has 1 amide bonds. The molecular formula is C20H20N2O4. The molecular weight excluding hydrogens is 332 g/mol. The van der Waals surface area contributed by atoms with Gasteiger partial charge in [-0.25, -0.2) is 4.98 Å². The molecule has 1 aliphatic heterocycles. The second-order valence-electron chi connectivity index (χ2n) is 6.48. The summed E-state index contributed by atoms with van der Waals surface area (Å²) >= 11 is 0. The molecule has 3 aromatic rings. The molecule has 1 saturated heterocycles. The van der Waals surface area contributed by atoms with Crippen LogP contribution in [0.4, 0.5) is 5.69 Å². The van der Waals surface area contributed by atoms with E-state index >= 15 is 0 Å². The maximum absolute atomic E-state index is 12.3. The zero-order chi connectivity index (χ0) is 17.9. The highest BCUT2D eigenvalue weighted by Crippen LogP contribution is 2.27. The second-order valence-corrected chi connectivity index (χ2v) is 6.48. The van der Waals surface area contributed by atoms with Crippen molar-refractivity contribution in [3.05, 3.63) is 54.1 Å². The molecule has 2 aromatic heterocycles. The number of nitrogens with one attached hydrogen (secondary N) is 1. The van der Waals surface area contributed by atoms with Crippen LogP contribution < -0.4 is 10.1 Å². The molecule has 0 aliphatic carbocycles. The third-order valence-corrected chi connectivity index (χ3v) is 4.53. The van der Waals surface area contributed by atoms with Gasteiger partial charge in [0.1, 0.15) is 0 Å². The third kappa shape index (κ3) is 3.41. The number of rotatable bonds is 5. The minimum Gasteiger partial charge on any atom is -0.477 e. The molecule has 134 valence electrons. The number of aromatic nitrogens is 1. The van der Waals surface area contributed by atoms with Crippen LogP contribution in [0.25, 0.3) is 10.8 Å². The lowest BCUT2D eigenvalue weighted by molar-refractivity contribution is 0.0996. The largest absolute Gasteiger partial charge is 0.477 e. The highest BCUT2D eigenvalue weighted by Gasteiger charge is 2.17. The number of hydrogen-bond donors (Lipinski definition) is 1. The zero-order valence-electron chi connectivity index (χ0n) is 14.5. The van der Waals surface area contributed by atoms with E-state index in [2.05, 4.69) is 10.3 Å². The van der Waals surface area contributed by atoms with Gasteiger partial charge in [0, 0.05) is 35.4 Å². The Hall–Kier alpha value is -2.86. The molecule has 6 nitrogen and oxygen atoms in total. The van der Waals surface area contributed by atoms with E-state index in [1.54, 1.807) is 12.3 Å². The van der Waals surface area contributed by atoms with Crippen LogP contribution >= 0.6 is 0 Å². The minimum absolute atomic E-state index is 0.265. The van der Waals surface area contributed by atoms with Crippen LogP contribution in [0.1, 0.15) is 22.5 Å². The molecule has 1 aliphatic rings. The molecule has 0 saturated carbocycles. The SMILES string of the molecule is Cc1ccoc1C(=O)Nc1ccc2c(OCC3CCOC3)nccc2c1. The van der Waals surface area contributed by atoms with Crippen LogP contribution in [0.3, 0.4) is 0 Å². The number of benzene rings is 1. The summed E-state index contributed by atoms with van der Waals surface area (Å²) in [4.78, 5) is 16.6. The van der Waals surface area contributed by atoms with E-state index in [-0.39, 0.29) is 5.91 Å². The molecule has 0 bridgehead atoms. The van der Waals surface area contributed by atoms with Crippen molar-refractivity contribution in [2.45, 2.75) is 13.3 Å². The van der Waals surface area contributed by atoms with E-state index in [9.17, 15) is 4.79 Å². The average molecular weight is 352 g/mol. The van der Waals surface area contributed by atoms with E-state index in [1.807, 2.05) is 31.2 Å². The van der Waals surface area contributed by atoms with Gasteiger partial charge in [-0.2, -0.15) is 0 Å². The van der Waals surface area contributed by atoms with Gasteiger partial charge in [0.25, 0.3) is 5.91 Å². The number of nitrogens with zero attached hydrogens (tertiary/aromatic N) is 1. The number of fused-ring (bicyclic) bond motifs is 1. The molecule has 6 heteroatoms. The number of amides is 1. The Labute approximate surface area is 151 Å². The molecule has 1 unspecified atom stereocenters. The number of carbonyl (C=O) groups is 1. The predicted octanol–water partition coefficient (Wildman–Crippen LogP) is 3.80. The zero-order valence-corrected chi connectivity index (χ0v) is 14.5. The van der Waals surface area contributed by atoms with Crippen molar-refractivity contribution in [3.63, 3.8) is 0 Å². The van der Waals surface area contributed by atoms with Crippen LogP contribution in [-0.2, 0) is 4.74 Å². The van der Waals surface area contributed by atoms with Gasteiger partial charge in [-0.1, -0.05) is 0 Å². The second kappa shape index (κ2) is 7.17. The Kier molecular flexibility index (Phi) is 4.58. The van der Waals surface area contributed by atoms with Gasteiger partial charge in [0.2, 0.25) is 5.88 Å². The van der Waals surface area contributed by atoms with Crippen LogP contribution in [0.2, 0.25) is 0 Å². The number of anilines is 1. The Morgan fingerprint density at radius 2 is 2.27 bits per heavy atom. The van der Waals surface area contributed by atoms with E-state index in [4.69, 9.17) is 13.9 Å². The summed E-state index contributed by atoms with van der Waals surface area (Å²) in [7, 11) is 0. The normalized spacial score (nSPS) is 16.7. The van der Waals surface area contributed by atoms with Crippen molar-refractivity contribution in [1.82, 2.24) is 4.98 Å². The van der Waals surface area contributed by atoms with Gasteiger partial charge >= 0.3 is 0 Å². The molecule has 4 rings (SSSR count). The predicted molar refractivity (Wildman–Crippen MR) is 97.6 cm³/mol. The first-order valence-electron chi connectivity index (χ1n) is 8.65. The molecule has 26 heavy (non-hydrogen) atoms. The van der Waals surface area contributed by atoms with Crippen LogP contribution in [0.5, 0.6) is 5.88 Å². The fraction of sp³-hybridized carbons (Fsp3) is 0.300. The number of hydrogen-bond acceptors (Lipinski definition) is 5. The smallest absolute Gasteiger partial charge is 0.291 e. The van der Waals surface area contributed by atoms with Gasteiger partial charge in [0.05, 0.1) is 19.5 Å². The molecule has 1 aromatic carbocycles. The Bertz CT molecular complexity index is 928. The number of ether oxygens (including phenoxy) is 2. The van der Waals surface area contributed by atoms with Gasteiger partial charge in [-0.3, -0.25) is 4.79 Å². The number of furan rings is 1. The lowest BCUT2D eigenvalue weighted by Crippen LogP contribution is -2.13. The molecule has 1 fully saturated rings. The van der Waals surface area contributed by atoms with Crippen molar-refractivity contribution in [3.8, 4) is 5.88 Å². The summed E-state index contributed by atoms with van der Waals surface area (Å²) in [6, 6.07) is 9.31. The van der Waals surface area contributed by atoms with Crippen molar-refractivity contribution in [2.24, 2.45) is 5.92 Å². The topological polar surface area (TPSA) is 73.6 Å². The summed E-state index contributed by atoms with van der Waals surface area (Å²) in [5.41, 5.74) is 1.50. The van der Waals surface area contributed by atoms with E-state index < -0.39 is 0 Å². The quantitative estimate of drug-likeness (QED) is 0.756.